The minimum Gasteiger partial charge on any atom is -0.349 e. The van der Waals surface area contributed by atoms with E-state index in [4.69, 9.17) is 0 Å². The van der Waals surface area contributed by atoms with Crippen molar-refractivity contribution >= 4 is 15.9 Å². The average molecular weight is 401 g/mol. The summed E-state index contributed by atoms with van der Waals surface area (Å²) < 4.78 is 27.4. The largest absolute Gasteiger partial charge is 0.349 e. The smallest absolute Gasteiger partial charge is 0.243 e. The van der Waals surface area contributed by atoms with E-state index in [0.29, 0.717) is 19.4 Å². The van der Waals surface area contributed by atoms with Crippen LogP contribution in [0.1, 0.15) is 43.4 Å². The fourth-order valence-corrected chi connectivity index (χ4v) is 5.15. The van der Waals surface area contributed by atoms with Crippen molar-refractivity contribution in [1.29, 1.82) is 0 Å². The molecular weight excluding hydrogens is 372 g/mol. The summed E-state index contributed by atoms with van der Waals surface area (Å²) in [7, 11) is -3.58. The number of nitrogens with zero attached hydrogens (tertiary/aromatic N) is 1. The Hall–Kier alpha value is -2.18. The topological polar surface area (TPSA) is 66.5 Å². The lowest BCUT2D eigenvalue weighted by molar-refractivity contribution is -0.126. The SMILES string of the molecule is CCC(NC(=O)C1CCCN(S(=O)(=O)c2ccc(C)cc2)C1)c1ccccc1. The van der Waals surface area contributed by atoms with Crippen LogP contribution in [0.4, 0.5) is 0 Å². The van der Waals surface area contributed by atoms with Crippen molar-refractivity contribution in [3.8, 4) is 0 Å². The summed E-state index contributed by atoms with van der Waals surface area (Å²) in [5, 5.41) is 3.11. The molecule has 6 heteroatoms. The first-order valence-electron chi connectivity index (χ1n) is 9.84. The highest BCUT2D eigenvalue weighted by molar-refractivity contribution is 7.89. The van der Waals surface area contributed by atoms with E-state index in [1.807, 2.05) is 44.2 Å². The summed E-state index contributed by atoms with van der Waals surface area (Å²) >= 11 is 0. The van der Waals surface area contributed by atoms with Crippen LogP contribution in [0, 0.1) is 12.8 Å². The molecule has 150 valence electrons. The Morgan fingerprint density at radius 1 is 1.14 bits per heavy atom. The molecule has 1 heterocycles. The molecule has 1 fully saturated rings. The van der Waals surface area contributed by atoms with Gasteiger partial charge in [-0.3, -0.25) is 4.79 Å². The van der Waals surface area contributed by atoms with Crippen molar-refractivity contribution in [3.63, 3.8) is 0 Å². The lowest BCUT2D eigenvalue weighted by Gasteiger charge is -2.32. The van der Waals surface area contributed by atoms with Crippen LogP contribution in [-0.4, -0.2) is 31.7 Å². The quantitative estimate of drug-likeness (QED) is 0.805. The molecule has 2 aromatic carbocycles. The molecule has 1 aliphatic heterocycles. The fraction of sp³-hybridized carbons (Fsp3) is 0.409. The van der Waals surface area contributed by atoms with Crippen LogP contribution in [0.5, 0.6) is 0 Å². The van der Waals surface area contributed by atoms with Crippen molar-refractivity contribution in [2.45, 2.75) is 44.0 Å². The van der Waals surface area contributed by atoms with Crippen molar-refractivity contribution in [2.75, 3.05) is 13.1 Å². The summed E-state index contributed by atoms with van der Waals surface area (Å²) in [6, 6.07) is 16.7. The molecule has 1 saturated heterocycles. The van der Waals surface area contributed by atoms with Gasteiger partial charge in [-0.15, -0.1) is 0 Å². The van der Waals surface area contributed by atoms with Crippen LogP contribution in [-0.2, 0) is 14.8 Å². The molecule has 0 aromatic heterocycles. The second-order valence-corrected chi connectivity index (χ2v) is 9.33. The third-order valence-corrected chi connectivity index (χ3v) is 7.22. The molecule has 0 saturated carbocycles. The first-order valence-corrected chi connectivity index (χ1v) is 11.3. The van der Waals surface area contributed by atoms with E-state index in [1.165, 1.54) is 4.31 Å². The minimum absolute atomic E-state index is 0.0576. The van der Waals surface area contributed by atoms with Gasteiger partial charge in [-0.05, 0) is 43.9 Å². The average Bonchev–Trinajstić information content (AvgIpc) is 2.73. The van der Waals surface area contributed by atoms with Crippen molar-refractivity contribution < 1.29 is 13.2 Å². The monoisotopic (exact) mass is 400 g/mol. The summed E-state index contributed by atoms with van der Waals surface area (Å²) in [4.78, 5) is 13.1. The minimum atomic E-state index is -3.58. The molecule has 3 rings (SSSR count). The highest BCUT2D eigenvalue weighted by Gasteiger charge is 2.33. The van der Waals surface area contributed by atoms with E-state index in [-0.39, 0.29) is 29.3 Å². The van der Waals surface area contributed by atoms with E-state index < -0.39 is 10.0 Å². The Kier molecular flexibility index (Phi) is 6.52. The number of carbonyl (C=O) groups is 1. The first kappa shape index (κ1) is 20.6. The number of benzene rings is 2. The summed E-state index contributed by atoms with van der Waals surface area (Å²) in [5.41, 5.74) is 2.08. The number of piperidine rings is 1. The number of amides is 1. The standard InChI is InChI=1S/C22H28N2O3S/c1-3-21(18-8-5-4-6-9-18)23-22(25)19-10-7-15-24(16-19)28(26,27)20-13-11-17(2)12-14-20/h4-6,8-9,11-14,19,21H,3,7,10,15-16H2,1-2H3,(H,23,25). The predicted octanol–water partition coefficient (Wildman–Crippen LogP) is 3.66. The predicted molar refractivity (Wildman–Crippen MR) is 110 cm³/mol. The van der Waals surface area contributed by atoms with Gasteiger partial charge in [0.05, 0.1) is 16.9 Å². The maximum absolute atomic E-state index is 13.0. The molecular formula is C22H28N2O3S. The molecule has 1 aliphatic rings. The number of aryl methyl sites for hydroxylation is 1. The molecule has 2 unspecified atom stereocenters. The van der Waals surface area contributed by atoms with Crippen LogP contribution in [0.25, 0.3) is 0 Å². The molecule has 0 aliphatic carbocycles. The van der Waals surface area contributed by atoms with Gasteiger partial charge in [0, 0.05) is 13.1 Å². The van der Waals surface area contributed by atoms with E-state index in [0.717, 1.165) is 17.5 Å². The van der Waals surface area contributed by atoms with Gasteiger partial charge in [0.2, 0.25) is 15.9 Å². The first-order chi connectivity index (χ1) is 13.4. The number of sulfonamides is 1. The zero-order chi connectivity index (χ0) is 20.1. The number of carbonyl (C=O) groups excluding carboxylic acids is 1. The van der Waals surface area contributed by atoms with Crippen molar-refractivity contribution in [1.82, 2.24) is 9.62 Å². The number of nitrogens with one attached hydrogen (secondary N) is 1. The normalized spacial score (nSPS) is 19.1. The van der Waals surface area contributed by atoms with E-state index in [9.17, 15) is 13.2 Å². The van der Waals surface area contributed by atoms with Gasteiger partial charge in [0.25, 0.3) is 0 Å². The molecule has 2 aromatic rings. The lowest BCUT2D eigenvalue weighted by atomic mass is 9.97. The zero-order valence-electron chi connectivity index (χ0n) is 16.5. The third kappa shape index (κ3) is 4.62. The highest BCUT2D eigenvalue weighted by atomic mass is 32.2. The van der Waals surface area contributed by atoms with Gasteiger partial charge in [0.15, 0.2) is 0 Å². The summed E-state index contributed by atoms with van der Waals surface area (Å²) in [5.74, 6) is -0.397. The second kappa shape index (κ2) is 8.88. The molecule has 2 atom stereocenters. The molecule has 5 nitrogen and oxygen atoms in total. The van der Waals surface area contributed by atoms with Crippen LogP contribution < -0.4 is 5.32 Å². The summed E-state index contributed by atoms with van der Waals surface area (Å²) in [6.07, 6.45) is 2.18. The molecule has 0 radical (unpaired) electrons. The van der Waals surface area contributed by atoms with Crippen LogP contribution in [0.3, 0.4) is 0 Å². The van der Waals surface area contributed by atoms with E-state index in [2.05, 4.69) is 5.32 Å². The van der Waals surface area contributed by atoms with Gasteiger partial charge in [-0.25, -0.2) is 8.42 Å². The van der Waals surface area contributed by atoms with E-state index in [1.54, 1.807) is 24.3 Å². The second-order valence-electron chi connectivity index (χ2n) is 7.40. The van der Waals surface area contributed by atoms with Crippen molar-refractivity contribution in [3.05, 3.63) is 65.7 Å². The Balaban J connectivity index is 1.70. The zero-order valence-corrected chi connectivity index (χ0v) is 17.3. The Labute approximate surface area is 167 Å². The Bertz CT molecular complexity index is 895. The van der Waals surface area contributed by atoms with Gasteiger partial charge < -0.3 is 5.32 Å². The van der Waals surface area contributed by atoms with E-state index >= 15 is 0 Å². The van der Waals surface area contributed by atoms with Gasteiger partial charge >= 0.3 is 0 Å². The molecule has 1 amide bonds. The van der Waals surface area contributed by atoms with Crippen molar-refractivity contribution in [2.24, 2.45) is 5.92 Å². The summed E-state index contributed by atoms with van der Waals surface area (Å²) in [6.45, 7) is 4.64. The van der Waals surface area contributed by atoms with Gasteiger partial charge in [0.1, 0.15) is 0 Å². The number of hydrogen-bond acceptors (Lipinski definition) is 3. The molecule has 28 heavy (non-hydrogen) atoms. The molecule has 0 spiro atoms. The highest BCUT2D eigenvalue weighted by Crippen LogP contribution is 2.25. The molecule has 1 N–H and O–H groups in total. The maximum atomic E-state index is 13.0. The number of hydrogen-bond donors (Lipinski definition) is 1. The van der Waals surface area contributed by atoms with Crippen LogP contribution in [0.2, 0.25) is 0 Å². The molecule has 0 bridgehead atoms. The maximum Gasteiger partial charge on any atom is 0.243 e. The third-order valence-electron chi connectivity index (χ3n) is 5.34. The Morgan fingerprint density at radius 3 is 2.46 bits per heavy atom. The van der Waals surface area contributed by atoms with Gasteiger partial charge in [-0.2, -0.15) is 4.31 Å². The fourth-order valence-electron chi connectivity index (χ4n) is 3.63. The number of rotatable bonds is 6. The van der Waals surface area contributed by atoms with Crippen LogP contribution in [0.15, 0.2) is 59.5 Å². The lowest BCUT2D eigenvalue weighted by Crippen LogP contribution is -2.46. The Morgan fingerprint density at radius 2 is 1.82 bits per heavy atom. The van der Waals surface area contributed by atoms with Gasteiger partial charge in [-0.1, -0.05) is 55.0 Å². The van der Waals surface area contributed by atoms with Crippen LogP contribution >= 0.6 is 0 Å².